The first kappa shape index (κ1) is 12.7. The van der Waals surface area contributed by atoms with Crippen molar-refractivity contribution in [2.75, 3.05) is 19.6 Å². The quantitative estimate of drug-likeness (QED) is 0.632. The van der Waals surface area contributed by atoms with E-state index in [1.807, 2.05) is 13.8 Å². The number of alkyl halides is 3. The molecule has 80 valence electrons. The molecule has 0 aromatic rings. The molecule has 0 heterocycles. The molecule has 0 saturated heterocycles. The molecule has 0 aliphatic carbocycles. The van der Waals surface area contributed by atoms with Crippen molar-refractivity contribution < 1.29 is 13.2 Å². The molecule has 13 heavy (non-hydrogen) atoms. The van der Waals surface area contributed by atoms with Crippen LogP contribution in [-0.4, -0.2) is 31.9 Å². The number of rotatable bonds is 6. The number of hydrogen-bond acceptors (Lipinski definition) is 2. The Balaban J connectivity index is 3.18. The molecule has 0 rings (SSSR count). The molecule has 0 fully saturated rings. The van der Waals surface area contributed by atoms with E-state index in [4.69, 9.17) is 0 Å². The minimum atomic E-state index is -4.10. The number of nitrogens with one attached hydrogen (secondary N) is 2. The highest BCUT2D eigenvalue weighted by Gasteiger charge is 2.25. The van der Waals surface area contributed by atoms with Gasteiger partial charge in [-0.2, -0.15) is 13.2 Å². The van der Waals surface area contributed by atoms with Crippen molar-refractivity contribution in [3.05, 3.63) is 0 Å². The van der Waals surface area contributed by atoms with E-state index in [1.54, 1.807) is 0 Å². The Hall–Kier alpha value is -0.290. The third-order valence-corrected chi connectivity index (χ3v) is 1.73. The van der Waals surface area contributed by atoms with E-state index in [1.165, 1.54) is 0 Å². The number of hydrogen-bond donors (Lipinski definition) is 2. The van der Waals surface area contributed by atoms with E-state index in [-0.39, 0.29) is 0 Å². The summed E-state index contributed by atoms with van der Waals surface area (Å²) < 4.78 is 34.9. The van der Waals surface area contributed by atoms with Crippen LogP contribution in [0.2, 0.25) is 0 Å². The van der Waals surface area contributed by atoms with Gasteiger partial charge in [0.25, 0.3) is 0 Å². The highest BCUT2D eigenvalue weighted by Crippen LogP contribution is 2.11. The molecule has 0 aromatic carbocycles. The van der Waals surface area contributed by atoms with Crippen molar-refractivity contribution in [1.29, 1.82) is 0 Å². The molecule has 0 spiro atoms. The molecular weight excluding hydrogens is 181 g/mol. The van der Waals surface area contributed by atoms with Crippen molar-refractivity contribution in [2.45, 2.75) is 32.5 Å². The molecule has 0 aliphatic heterocycles. The molecule has 0 aliphatic rings. The molecule has 0 aromatic heterocycles. The lowest BCUT2D eigenvalue weighted by atomic mass is 10.3. The van der Waals surface area contributed by atoms with Crippen LogP contribution in [-0.2, 0) is 0 Å². The van der Waals surface area contributed by atoms with Crippen molar-refractivity contribution >= 4 is 0 Å². The SMILES string of the molecule is CC[C@H](C)NCCNCC(F)(F)F. The van der Waals surface area contributed by atoms with Gasteiger partial charge in [-0.1, -0.05) is 6.92 Å². The van der Waals surface area contributed by atoms with Gasteiger partial charge in [-0.15, -0.1) is 0 Å². The Labute approximate surface area is 76.9 Å². The van der Waals surface area contributed by atoms with E-state index in [9.17, 15) is 13.2 Å². The molecule has 1 atom stereocenters. The van der Waals surface area contributed by atoms with E-state index >= 15 is 0 Å². The Kier molecular flexibility index (Phi) is 6.07. The van der Waals surface area contributed by atoms with E-state index in [2.05, 4.69) is 10.6 Å². The Bertz CT molecular complexity index is 125. The summed E-state index contributed by atoms with van der Waals surface area (Å²) in [6, 6.07) is 0.368. The van der Waals surface area contributed by atoms with Crippen molar-refractivity contribution in [1.82, 2.24) is 10.6 Å². The van der Waals surface area contributed by atoms with Crippen LogP contribution in [0.4, 0.5) is 13.2 Å². The number of halogens is 3. The summed E-state index contributed by atoms with van der Waals surface area (Å²) in [5.74, 6) is 0. The van der Waals surface area contributed by atoms with Gasteiger partial charge in [-0.3, -0.25) is 0 Å². The van der Waals surface area contributed by atoms with Crippen LogP contribution < -0.4 is 10.6 Å². The van der Waals surface area contributed by atoms with Gasteiger partial charge in [0.2, 0.25) is 0 Å². The molecule has 0 saturated carbocycles. The van der Waals surface area contributed by atoms with E-state index in [0.717, 1.165) is 6.42 Å². The van der Waals surface area contributed by atoms with Crippen molar-refractivity contribution in [2.24, 2.45) is 0 Å². The highest BCUT2D eigenvalue weighted by molar-refractivity contribution is 4.61. The Morgan fingerprint density at radius 3 is 2.31 bits per heavy atom. The van der Waals surface area contributed by atoms with Gasteiger partial charge < -0.3 is 10.6 Å². The molecule has 0 bridgehead atoms. The first-order chi connectivity index (χ1) is 5.95. The summed E-state index contributed by atoms with van der Waals surface area (Å²) in [5.41, 5.74) is 0. The summed E-state index contributed by atoms with van der Waals surface area (Å²) in [7, 11) is 0. The predicted molar refractivity (Wildman–Crippen MR) is 46.7 cm³/mol. The minimum absolute atomic E-state index is 0.351. The van der Waals surface area contributed by atoms with Crippen LogP contribution in [0, 0.1) is 0 Å². The summed E-state index contributed by atoms with van der Waals surface area (Å²) in [6.07, 6.45) is -3.12. The first-order valence-electron chi connectivity index (χ1n) is 4.46. The standard InChI is InChI=1S/C8H17F3N2/c1-3-7(2)13-5-4-12-6-8(9,10)11/h7,12-13H,3-6H2,1-2H3/t7-/m0/s1. The average Bonchev–Trinajstić information content (AvgIpc) is 2.01. The van der Waals surface area contributed by atoms with Crippen LogP contribution in [0.5, 0.6) is 0 Å². The fourth-order valence-electron chi connectivity index (χ4n) is 0.781. The molecule has 0 amide bonds. The second-order valence-electron chi connectivity index (χ2n) is 3.06. The van der Waals surface area contributed by atoms with Crippen LogP contribution >= 0.6 is 0 Å². The highest BCUT2D eigenvalue weighted by atomic mass is 19.4. The Morgan fingerprint density at radius 2 is 1.85 bits per heavy atom. The minimum Gasteiger partial charge on any atom is -0.313 e. The predicted octanol–water partition coefficient (Wildman–Crippen LogP) is 1.53. The maximum Gasteiger partial charge on any atom is 0.401 e. The molecule has 0 radical (unpaired) electrons. The second kappa shape index (κ2) is 6.21. The normalized spacial score (nSPS) is 14.5. The maximum absolute atomic E-state index is 11.6. The monoisotopic (exact) mass is 198 g/mol. The van der Waals surface area contributed by atoms with E-state index in [0.29, 0.717) is 19.1 Å². The van der Waals surface area contributed by atoms with Gasteiger partial charge >= 0.3 is 6.18 Å². The fraction of sp³-hybridized carbons (Fsp3) is 1.00. The van der Waals surface area contributed by atoms with Crippen LogP contribution in [0.3, 0.4) is 0 Å². The molecule has 2 nitrogen and oxygen atoms in total. The van der Waals surface area contributed by atoms with Gasteiger partial charge in [0.05, 0.1) is 6.54 Å². The summed E-state index contributed by atoms with van der Waals surface area (Å²) in [5, 5.41) is 5.41. The lowest BCUT2D eigenvalue weighted by molar-refractivity contribution is -0.124. The summed E-state index contributed by atoms with van der Waals surface area (Å²) in [6.45, 7) is 4.05. The van der Waals surface area contributed by atoms with Gasteiger partial charge in [0, 0.05) is 19.1 Å². The molecule has 5 heteroatoms. The van der Waals surface area contributed by atoms with Gasteiger partial charge in [-0.05, 0) is 13.3 Å². The van der Waals surface area contributed by atoms with Crippen LogP contribution in [0.15, 0.2) is 0 Å². The lowest BCUT2D eigenvalue weighted by Gasteiger charge is -2.12. The fourth-order valence-corrected chi connectivity index (χ4v) is 0.781. The first-order valence-corrected chi connectivity index (χ1v) is 4.46. The van der Waals surface area contributed by atoms with Gasteiger partial charge in [0.1, 0.15) is 0 Å². The second-order valence-corrected chi connectivity index (χ2v) is 3.06. The smallest absolute Gasteiger partial charge is 0.313 e. The summed E-state index contributed by atoms with van der Waals surface area (Å²) >= 11 is 0. The maximum atomic E-state index is 11.6. The largest absolute Gasteiger partial charge is 0.401 e. The Morgan fingerprint density at radius 1 is 1.23 bits per heavy atom. The van der Waals surface area contributed by atoms with E-state index < -0.39 is 12.7 Å². The zero-order chi connectivity index (χ0) is 10.3. The average molecular weight is 198 g/mol. The van der Waals surface area contributed by atoms with Crippen molar-refractivity contribution in [3.8, 4) is 0 Å². The van der Waals surface area contributed by atoms with Gasteiger partial charge in [-0.25, -0.2) is 0 Å². The summed E-state index contributed by atoms with van der Waals surface area (Å²) in [4.78, 5) is 0. The third-order valence-electron chi connectivity index (χ3n) is 1.73. The lowest BCUT2D eigenvalue weighted by Crippen LogP contribution is -2.36. The molecular formula is C8H17F3N2. The topological polar surface area (TPSA) is 24.1 Å². The van der Waals surface area contributed by atoms with Gasteiger partial charge in [0.15, 0.2) is 0 Å². The zero-order valence-electron chi connectivity index (χ0n) is 8.04. The van der Waals surface area contributed by atoms with Crippen LogP contribution in [0.25, 0.3) is 0 Å². The molecule has 0 unspecified atom stereocenters. The third kappa shape index (κ3) is 9.63. The molecule has 2 N–H and O–H groups in total. The van der Waals surface area contributed by atoms with Crippen LogP contribution in [0.1, 0.15) is 20.3 Å². The van der Waals surface area contributed by atoms with Crippen molar-refractivity contribution in [3.63, 3.8) is 0 Å². The zero-order valence-corrected chi connectivity index (χ0v) is 8.04.